The van der Waals surface area contributed by atoms with Crippen LogP contribution < -0.4 is 11.2 Å². The summed E-state index contributed by atoms with van der Waals surface area (Å²) >= 11 is 0. The van der Waals surface area contributed by atoms with Crippen molar-refractivity contribution in [1.82, 2.24) is 19.3 Å². The molecular weight excluding hydrogens is 344 g/mol. The molecule has 1 aliphatic rings. The Bertz CT molecular complexity index is 1250. The Labute approximate surface area is 153 Å². The van der Waals surface area contributed by atoms with E-state index in [9.17, 15) is 9.59 Å². The molecule has 2 aromatic carbocycles. The van der Waals surface area contributed by atoms with Gasteiger partial charge in [0.15, 0.2) is 0 Å². The number of rotatable bonds is 4. The van der Waals surface area contributed by atoms with Gasteiger partial charge >= 0.3 is 5.69 Å². The van der Waals surface area contributed by atoms with Crippen molar-refractivity contribution in [2.75, 3.05) is 0 Å². The highest BCUT2D eigenvalue weighted by Gasteiger charge is 2.29. The van der Waals surface area contributed by atoms with E-state index in [1.165, 1.54) is 9.13 Å². The van der Waals surface area contributed by atoms with Gasteiger partial charge in [0.25, 0.3) is 5.56 Å². The van der Waals surface area contributed by atoms with Gasteiger partial charge in [0.05, 0.1) is 10.9 Å². The summed E-state index contributed by atoms with van der Waals surface area (Å²) in [5.74, 6) is 0.792. The van der Waals surface area contributed by atoms with Crippen molar-refractivity contribution in [1.29, 1.82) is 0 Å². The van der Waals surface area contributed by atoms with E-state index >= 15 is 0 Å². The van der Waals surface area contributed by atoms with Crippen LogP contribution in [0.1, 0.15) is 24.8 Å². The Morgan fingerprint density at radius 3 is 2.52 bits per heavy atom. The van der Waals surface area contributed by atoms with E-state index in [1.54, 1.807) is 18.2 Å². The van der Waals surface area contributed by atoms with Crippen molar-refractivity contribution in [2.24, 2.45) is 0 Å². The zero-order valence-electron chi connectivity index (χ0n) is 14.4. The first-order chi connectivity index (χ1) is 13.2. The molecule has 7 heteroatoms. The predicted octanol–water partition coefficient (Wildman–Crippen LogP) is 2.60. The van der Waals surface area contributed by atoms with Gasteiger partial charge in [0, 0.05) is 11.6 Å². The largest absolute Gasteiger partial charge is 0.337 e. The van der Waals surface area contributed by atoms with Crippen LogP contribution in [0.4, 0.5) is 0 Å². The minimum absolute atomic E-state index is 0.0107. The summed E-state index contributed by atoms with van der Waals surface area (Å²) < 4.78 is 8.26. The van der Waals surface area contributed by atoms with Crippen molar-refractivity contribution >= 4 is 10.9 Å². The lowest BCUT2D eigenvalue weighted by Crippen LogP contribution is -2.39. The van der Waals surface area contributed by atoms with Crippen LogP contribution in [-0.4, -0.2) is 19.3 Å². The van der Waals surface area contributed by atoms with Crippen molar-refractivity contribution in [3.8, 4) is 11.4 Å². The smallest absolute Gasteiger partial charge is 0.332 e. The maximum absolute atomic E-state index is 13.0. The lowest BCUT2D eigenvalue weighted by atomic mass is 10.2. The molecule has 0 amide bonds. The van der Waals surface area contributed by atoms with Crippen LogP contribution in [0.5, 0.6) is 0 Å². The first kappa shape index (κ1) is 15.7. The quantitative estimate of drug-likeness (QED) is 0.559. The molecule has 0 radical (unpaired) electrons. The molecule has 27 heavy (non-hydrogen) atoms. The highest BCUT2D eigenvalue weighted by Crippen LogP contribution is 2.32. The first-order valence-corrected chi connectivity index (χ1v) is 8.84. The van der Waals surface area contributed by atoms with Gasteiger partial charge in [-0.2, -0.15) is 4.98 Å². The van der Waals surface area contributed by atoms with Gasteiger partial charge in [0.2, 0.25) is 11.7 Å². The van der Waals surface area contributed by atoms with Gasteiger partial charge < -0.3 is 4.52 Å². The molecule has 1 fully saturated rings. The molecule has 2 heterocycles. The highest BCUT2D eigenvalue weighted by atomic mass is 16.5. The number of nitrogens with zero attached hydrogens (tertiary/aromatic N) is 4. The maximum atomic E-state index is 13.0. The second-order valence-corrected chi connectivity index (χ2v) is 6.67. The normalized spacial score (nSPS) is 13.9. The minimum Gasteiger partial charge on any atom is -0.337 e. The van der Waals surface area contributed by atoms with Crippen molar-refractivity contribution in [3.63, 3.8) is 0 Å². The second-order valence-electron chi connectivity index (χ2n) is 6.67. The van der Waals surface area contributed by atoms with Crippen LogP contribution in [0, 0.1) is 0 Å². The number of hydrogen-bond donors (Lipinski definition) is 0. The molecule has 0 saturated heterocycles. The summed E-state index contributed by atoms with van der Waals surface area (Å²) in [4.78, 5) is 30.1. The Balaban J connectivity index is 1.63. The van der Waals surface area contributed by atoms with Crippen LogP contribution in [-0.2, 0) is 6.54 Å². The Kier molecular flexibility index (Phi) is 3.53. The molecule has 0 atom stereocenters. The van der Waals surface area contributed by atoms with Crippen molar-refractivity contribution in [3.05, 3.63) is 81.3 Å². The average molecular weight is 360 g/mol. The zero-order chi connectivity index (χ0) is 18.4. The minimum atomic E-state index is -0.333. The fourth-order valence-electron chi connectivity index (χ4n) is 3.31. The van der Waals surface area contributed by atoms with E-state index in [2.05, 4.69) is 10.1 Å². The van der Waals surface area contributed by atoms with Crippen molar-refractivity contribution < 1.29 is 4.52 Å². The summed E-state index contributed by atoms with van der Waals surface area (Å²) in [5, 5.41) is 4.53. The predicted molar refractivity (Wildman–Crippen MR) is 99.6 cm³/mol. The molecule has 7 nitrogen and oxygen atoms in total. The number of hydrogen-bond acceptors (Lipinski definition) is 5. The lowest BCUT2D eigenvalue weighted by Gasteiger charge is -2.12. The molecule has 0 aliphatic heterocycles. The van der Waals surface area contributed by atoms with Gasteiger partial charge in [-0.15, -0.1) is 0 Å². The molecule has 5 rings (SSSR count). The summed E-state index contributed by atoms with van der Waals surface area (Å²) in [7, 11) is 0. The molecule has 0 spiro atoms. The summed E-state index contributed by atoms with van der Waals surface area (Å²) in [6.07, 6.45) is 1.71. The Morgan fingerprint density at radius 1 is 1.00 bits per heavy atom. The van der Waals surface area contributed by atoms with Gasteiger partial charge in [-0.1, -0.05) is 47.6 Å². The Hall–Kier alpha value is -3.48. The van der Waals surface area contributed by atoms with E-state index in [0.717, 1.165) is 18.4 Å². The van der Waals surface area contributed by atoms with Gasteiger partial charge in [-0.05, 0) is 25.0 Å². The van der Waals surface area contributed by atoms with Gasteiger partial charge in [-0.25, -0.2) is 4.79 Å². The SMILES string of the molecule is O=c1c2ccccc2n(Cc2nc(-c3ccccc3)no2)c(=O)n1C1CC1. The number of fused-ring (bicyclic) bond motifs is 1. The van der Waals surface area contributed by atoms with E-state index in [1.807, 2.05) is 36.4 Å². The van der Waals surface area contributed by atoms with Crippen LogP contribution in [0.3, 0.4) is 0 Å². The molecule has 1 aliphatic carbocycles. The molecule has 134 valence electrons. The molecular formula is C20H16N4O3. The molecule has 2 aromatic heterocycles. The first-order valence-electron chi connectivity index (χ1n) is 8.84. The lowest BCUT2D eigenvalue weighted by molar-refractivity contribution is 0.369. The average Bonchev–Trinajstić information content (AvgIpc) is 3.42. The van der Waals surface area contributed by atoms with Crippen LogP contribution in [0.2, 0.25) is 0 Å². The monoisotopic (exact) mass is 360 g/mol. The second kappa shape index (κ2) is 6.05. The third-order valence-corrected chi connectivity index (χ3v) is 4.79. The topological polar surface area (TPSA) is 82.9 Å². The number of benzene rings is 2. The third kappa shape index (κ3) is 2.68. The van der Waals surface area contributed by atoms with E-state index in [-0.39, 0.29) is 23.8 Å². The summed E-state index contributed by atoms with van der Waals surface area (Å²) in [6, 6.07) is 16.6. The van der Waals surface area contributed by atoms with Crippen LogP contribution >= 0.6 is 0 Å². The van der Waals surface area contributed by atoms with Crippen LogP contribution in [0.15, 0.2) is 68.7 Å². The molecule has 0 N–H and O–H groups in total. The number of aromatic nitrogens is 4. The molecule has 0 bridgehead atoms. The molecule has 4 aromatic rings. The van der Waals surface area contributed by atoms with E-state index in [4.69, 9.17) is 4.52 Å². The third-order valence-electron chi connectivity index (χ3n) is 4.79. The van der Waals surface area contributed by atoms with Gasteiger partial charge in [-0.3, -0.25) is 13.9 Å². The van der Waals surface area contributed by atoms with Crippen LogP contribution in [0.25, 0.3) is 22.3 Å². The maximum Gasteiger partial charge on any atom is 0.332 e. The molecule has 1 saturated carbocycles. The fraction of sp³-hybridized carbons (Fsp3) is 0.200. The fourth-order valence-corrected chi connectivity index (χ4v) is 3.31. The number of para-hydroxylation sites is 1. The standard InChI is InChI=1S/C20H16N4O3/c25-19-15-8-4-5-9-16(15)23(20(26)24(19)14-10-11-14)12-17-21-18(22-27-17)13-6-2-1-3-7-13/h1-9,14H,10-12H2. The van der Waals surface area contributed by atoms with E-state index in [0.29, 0.717) is 22.6 Å². The highest BCUT2D eigenvalue weighted by molar-refractivity contribution is 5.77. The van der Waals surface area contributed by atoms with E-state index < -0.39 is 0 Å². The summed E-state index contributed by atoms with van der Waals surface area (Å²) in [5.41, 5.74) is 0.849. The summed E-state index contributed by atoms with van der Waals surface area (Å²) in [6.45, 7) is 0.117. The Morgan fingerprint density at radius 2 is 1.74 bits per heavy atom. The van der Waals surface area contributed by atoms with Gasteiger partial charge in [0.1, 0.15) is 6.54 Å². The van der Waals surface area contributed by atoms with Crippen molar-refractivity contribution in [2.45, 2.75) is 25.4 Å². The molecule has 0 unspecified atom stereocenters. The zero-order valence-corrected chi connectivity index (χ0v) is 14.4.